The Hall–Kier alpha value is -1.48. The minimum Gasteiger partial charge on any atom is -0.314 e. The molecule has 4 rings (SSSR count). The number of rotatable bonds is 5. The zero-order valence-corrected chi connectivity index (χ0v) is 16.8. The van der Waals surface area contributed by atoms with Crippen LogP contribution in [0.5, 0.6) is 0 Å². The van der Waals surface area contributed by atoms with Gasteiger partial charge in [0.1, 0.15) is 0 Å². The number of hydrogen-bond donors (Lipinski definition) is 1. The SMILES string of the molecule is CN1C(=O)c2ccc(S(=O)(=O)N3CCC(NCC4CC4)CC3)cc2C1=O.Cl. The van der Waals surface area contributed by atoms with E-state index < -0.39 is 21.8 Å². The lowest BCUT2D eigenvalue weighted by Gasteiger charge is -2.31. The van der Waals surface area contributed by atoms with Crippen LogP contribution in [0.3, 0.4) is 0 Å². The van der Waals surface area contributed by atoms with Crippen molar-refractivity contribution in [3.05, 3.63) is 29.3 Å². The molecule has 1 aliphatic carbocycles. The van der Waals surface area contributed by atoms with Gasteiger partial charge in [0.15, 0.2) is 0 Å². The van der Waals surface area contributed by atoms with E-state index in [1.165, 1.54) is 42.4 Å². The lowest BCUT2D eigenvalue weighted by molar-refractivity contribution is 0.0693. The summed E-state index contributed by atoms with van der Waals surface area (Å²) in [4.78, 5) is 25.2. The molecule has 1 saturated heterocycles. The van der Waals surface area contributed by atoms with Crippen molar-refractivity contribution in [3.8, 4) is 0 Å². The number of carbonyl (C=O) groups excluding carboxylic acids is 2. The van der Waals surface area contributed by atoms with Crippen LogP contribution in [0.15, 0.2) is 23.1 Å². The number of sulfonamides is 1. The average Bonchev–Trinajstić information content (AvgIpc) is 3.45. The van der Waals surface area contributed by atoms with Crippen molar-refractivity contribution < 1.29 is 18.0 Å². The molecule has 0 atom stereocenters. The van der Waals surface area contributed by atoms with Crippen molar-refractivity contribution >= 4 is 34.2 Å². The lowest BCUT2D eigenvalue weighted by Crippen LogP contribution is -2.45. The van der Waals surface area contributed by atoms with Gasteiger partial charge in [0, 0.05) is 26.2 Å². The normalized spacial score (nSPS) is 21.3. The monoisotopic (exact) mass is 413 g/mol. The Kier molecular flexibility index (Phi) is 5.63. The van der Waals surface area contributed by atoms with E-state index in [-0.39, 0.29) is 28.4 Å². The molecule has 2 aliphatic heterocycles. The van der Waals surface area contributed by atoms with E-state index in [0.29, 0.717) is 19.1 Å². The minimum atomic E-state index is -3.66. The molecule has 0 unspecified atom stereocenters. The van der Waals surface area contributed by atoms with Gasteiger partial charge in [-0.1, -0.05) is 0 Å². The maximum absolute atomic E-state index is 12.9. The summed E-state index contributed by atoms with van der Waals surface area (Å²) < 4.78 is 27.4. The summed E-state index contributed by atoms with van der Waals surface area (Å²) in [5.41, 5.74) is 0.430. The van der Waals surface area contributed by atoms with Crippen LogP contribution < -0.4 is 5.32 Å². The van der Waals surface area contributed by atoms with Crippen molar-refractivity contribution in [2.45, 2.75) is 36.6 Å². The first-order valence-electron chi connectivity index (χ1n) is 9.08. The van der Waals surface area contributed by atoms with Gasteiger partial charge in [-0.3, -0.25) is 14.5 Å². The second kappa shape index (κ2) is 7.50. The van der Waals surface area contributed by atoms with Crippen LogP contribution in [0.25, 0.3) is 0 Å². The van der Waals surface area contributed by atoms with Gasteiger partial charge in [0.2, 0.25) is 10.0 Å². The van der Waals surface area contributed by atoms with Gasteiger partial charge in [-0.2, -0.15) is 4.31 Å². The van der Waals surface area contributed by atoms with Crippen LogP contribution in [0, 0.1) is 5.92 Å². The molecule has 2 heterocycles. The van der Waals surface area contributed by atoms with E-state index in [0.717, 1.165) is 30.2 Å². The van der Waals surface area contributed by atoms with E-state index in [9.17, 15) is 18.0 Å². The van der Waals surface area contributed by atoms with E-state index in [1.54, 1.807) is 0 Å². The molecule has 0 aromatic heterocycles. The van der Waals surface area contributed by atoms with Crippen molar-refractivity contribution in [3.63, 3.8) is 0 Å². The number of imide groups is 1. The van der Waals surface area contributed by atoms with Gasteiger partial charge in [-0.15, -0.1) is 12.4 Å². The van der Waals surface area contributed by atoms with Crippen molar-refractivity contribution in [2.24, 2.45) is 5.92 Å². The number of nitrogens with one attached hydrogen (secondary N) is 1. The van der Waals surface area contributed by atoms with Gasteiger partial charge < -0.3 is 5.32 Å². The highest BCUT2D eigenvalue weighted by molar-refractivity contribution is 7.89. The Labute approximate surface area is 165 Å². The molecule has 1 aromatic carbocycles. The highest BCUT2D eigenvalue weighted by atomic mass is 35.5. The summed E-state index contributed by atoms with van der Waals surface area (Å²) in [5.74, 6) is -0.0388. The summed E-state index contributed by atoms with van der Waals surface area (Å²) >= 11 is 0. The number of piperidine rings is 1. The fourth-order valence-corrected chi connectivity index (χ4v) is 5.10. The highest BCUT2D eigenvalue weighted by Gasteiger charge is 2.36. The molecular weight excluding hydrogens is 390 g/mol. The molecule has 0 spiro atoms. The molecule has 148 valence electrons. The van der Waals surface area contributed by atoms with E-state index >= 15 is 0 Å². The number of halogens is 1. The molecule has 1 saturated carbocycles. The minimum absolute atomic E-state index is 0. The van der Waals surface area contributed by atoms with Gasteiger partial charge in [-0.25, -0.2) is 8.42 Å². The Balaban J connectivity index is 0.00000210. The zero-order valence-electron chi connectivity index (χ0n) is 15.2. The zero-order chi connectivity index (χ0) is 18.5. The van der Waals surface area contributed by atoms with E-state index in [4.69, 9.17) is 0 Å². The predicted molar refractivity (Wildman–Crippen MR) is 103 cm³/mol. The van der Waals surface area contributed by atoms with Gasteiger partial charge in [0.05, 0.1) is 16.0 Å². The molecule has 27 heavy (non-hydrogen) atoms. The van der Waals surface area contributed by atoms with E-state index in [2.05, 4.69) is 5.32 Å². The first-order valence-corrected chi connectivity index (χ1v) is 10.5. The van der Waals surface area contributed by atoms with Gasteiger partial charge in [0.25, 0.3) is 11.8 Å². The lowest BCUT2D eigenvalue weighted by atomic mass is 10.1. The molecule has 9 heteroatoms. The van der Waals surface area contributed by atoms with E-state index in [1.807, 2.05) is 0 Å². The Morgan fingerprint density at radius 2 is 1.67 bits per heavy atom. The molecule has 0 radical (unpaired) electrons. The Morgan fingerprint density at radius 3 is 2.30 bits per heavy atom. The Bertz CT molecular complexity index is 861. The molecule has 0 bridgehead atoms. The van der Waals surface area contributed by atoms with Crippen LogP contribution in [0.4, 0.5) is 0 Å². The van der Waals surface area contributed by atoms with Gasteiger partial charge in [-0.05, 0) is 56.3 Å². The largest absolute Gasteiger partial charge is 0.314 e. The third-order valence-electron chi connectivity index (χ3n) is 5.54. The molecular formula is C18H24ClN3O4S. The van der Waals surface area contributed by atoms with Gasteiger partial charge >= 0.3 is 0 Å². The second-order valence-electron chi connectivity index (χ2n) is 7.41. The topological polar surface area (TPSA) is 86.8 Å². The van der Waals surface area contributed by atoms with Crippen LogP contribution >= 0.6 is 12.4 Å². The van der Waals surface area contributed by atoms with Crippen LogP contribution in [-0.4, -0.2) is 62.2 Å². The summed E-state index contributed by atoms with van der Waals surface area (Å²) in [6, 6.07) is 4.58. The standard InChI is InChI=1S/C18H23N3O4S.ClH/c1-20-17(22)15-5-4-14(10-16(15)18(20)23)26(24,25)21-8-6-13(7-9-21)19-11-12-2-3-12;/h4-5,10,12-13,19H,2-3,6-9,11H2,1H3;1H. The summed E-state index contributed by atoms with van der Waals surface area (Å²) in [7, 11) is -2.26. The number of nitrogens with zero attached hydrogens (tertiary/aromatic N) is 2. The molecule has 1 aromatic rings. The van der Waals surface area contributed by atoms with Crippen molar-refractivity contribution in [2.75, 3.05) is 26.7 Å². The van der Waals surface area contributed by atoms with Crippen molar-refractivity contribution in [1.82, 2.24) is 14.5 Å². The summed E-state index contributed by atoms with van der Waals surface area (Å²) in [5, 5.41) is 3.54. The Morgan fingerprint density at radius 1 is 1.04 bits per heavy atom. The number of hydrogen-bond acceptors (Lipinski definition) is 5. The quantitative estimate of drug-likeness (QED) is 0.739. The van der Waals surface area contributed by atoms with Crippen LogP contribution in [0.1, 0.15) is 46.4 Å². The third kappa shape index (κ3) is 3.76. The smallest absolute Gasteiger partial charge is 0.261 e. The third-order valence-corrected chi connectivity index (χ3v) is 7.44. The number of amides is 2. The fraction of sp³-hybridized carbons (Fsp3) is 0.556. The summed E-state index contributed by atoms with van der Waals surface area (Å²) in [6.07, 6.45) is 4.18. The predicted octanol–water partition coefficient (Wildman–Crippen LogP) is 1.49. The van der Waals surface area contributed by atoms with Crippen molar-refractivity contribution in [1.29, 1.82) is 0 Å². The molecule has 1 N–H and O–H groups in total. The number of fused-ring (bicyclic) bond motifs is 1. The first kappa shape index (κ1) is 20.3. The maximum atomic E-state index is 12.9. The molecule has 7 nitrogen and oxygen atoms in total. The van der Waals surface area contributed by atoms with Crippen LogP contribution in [-0.2, 0) is 10.0 Å². The fourth-order valence-electron chi connectivity index (χ4n) is 3.61. The summed E-state index contributed by atoms with van der Waals surface area (Å²) in [6.45, 7) is 1.97. The molecule has 3 aliphatic rings. The average molecular weight is 414 g/mol. The first-order chi connectivity index (χ1) is 12.4. The molecule has 2 fully saturated rings. The maximum Gasteiger partial charge on any atom is 0.261 e. The van der Waals surface area contributed by atoms with Crippen LogP contribution in [0.2, 0.25) is 0 Å². The number of carbonyl (C=O) groups is 2. The molecule has 2 amide bonds. The second-order valence-corrected chi connectivity index (χ2v) is 9.34. The number of benzene rings is 1. The highest BCUT2D eigenvalue weighted by Crippen LogP contribution is 2.29.